The highest BCUT2D eigenvalue weighted by Crippen LogP contribution is 2.26. The van der Waals surface area contributed by atoms with Gasteiger partial charge in [-0.2, -0.15) is 0 Å². The lowest BCUT2D eigenvalue weighted by molar-refractivity contribution is -0.141. The summed E-state index contributed by atoms with van der Waals surface area (Å²) in [5.74, 6) is -0.329. The number of imide groups is 1. The molecule has 68 valence electrons. The highest BCUT2D eigenvalue weighted by molar-refractivity contribution is 6.04. The summed E-state index contributed by atoms with van der Waals surface area (Å²) in [7, 11) is 0. The molecular weight excluding hydrogens is 154 g/mol. The van der Waals surface area contributed by atoms with Crippen LogP contribution in [0.2, 0.25) is 0 Å². The van der Waals surface area contributed by atoms with E-state index in [-0.39, 0.29) is 29.7 Å². The summed E-state index contributed by atoms with van der Waals surface area (Å²) in [5.41, 5.74) is 0. The van der Waals surface area contributed by atoms with Gasteiger partial charge in [-0.25, -0.2) is 0 Å². The molecule has 1 fully saturated rings. The molecule has 0 spiro atoms. The van der Waals surface area contributed by atoms with E-state index in [1.54, 1.807) is 0 Å². The minimum atomic E-state index is -0.139. The number of likely N-dealkylation sites (tertiary alicyclic amines) is 1. The highest BCUT2D eigenvalue weighted by atomic mass is 16.2. The Hall–Kier alpha value is -0.860. The van der Waals surface area contributed by atoms with Crippen molar-refractivity contribution in [3.05, 3.63) is 0 Å². The van der Waals surface area contributed by atoms with Gasteiger partial charge in [0.2, 0.25) is 11.8 Å². The first kappa shape index (κ1) is 9.23. The number of rotatable bonds is 1. The van der Waals surface area contributed by atoms with E-state index in [0.29, 0.717) is 0 Å². The standard InChI is InChI=1S/C9H15NO2/c1-5(2)10-8(11)6(3)7(4)9(10)12/h5-7H,1-4H3/t6-,7-/m0/s1. The Kier molecular flexibility index (Phi) is 2.22. The van der Waals surface area contributed by atoms with Crippen molar-refractivity contribution in [2.75, 3.05) is 0 Å². The van der Waals surface area contributed by atoms with Crippen molar-refractivity contribution in [3.63, 3.8) is 0 Å². The monoisotopic (exact) mass is 169 g/mol. The first-order valence-electron chi connectivity index (χ1n) is 4.33. The van der Waals surface area contributed by atoms with E-state index in [4.69, 9.17) is 0 Å². The molecule has 1 aliphatic heterocycles. The minimum absolute atomic E-state index is 0.00241. The van der Waals surface area contributed by atoms with E-state index in [1.165, 1.54) is 4.90 Å². The van der Waals surface area contributed by atoms with Crippen molar-refractivity contribution in [1.82, 2.24) is 4.90 Å². The number of hydrogen-bond acceptors (Lipinski definition) is 2. The third-order valence-electron chi connectivity index (χ3n) is 2.52. The quantitative estimate of drug-likeness (QED) is 0.550. The first-order chi connectivity index (χ1) is 5.46. The van der Waals surface area contributed by atoms with E-state index >= 15 is 0 Å². The second kappa shape index (κ2) is 2.88. The molecule has 1 aliphatic rings. The van der Waals surface area contributed by atoms with Gasteiger partial charge >= 0.3 is 0 Å². The van der Waals surface area contributed by atoms with Gasteiger partial charge in [-0.1, -0.05) is 13.8 Å². The molecule has 0 aliphatic carbocycles. The Labute approximate surface area is 72.7 Å². The average Bonchev–Trinajstić information content (AvgIpc) is 2.16. The molecule has 0 saturated carbocycles. The average molecular weight is 169 g/mol. The molecule has 2 amide bonds. The van der Waals surface area contributed by atoms with Crippen LogP contribution in [-0.2, 0) is 9.59 Å². The first-order valence-corrected chi connectivity index (χ1v) is 4.33. The molecule has 3 heteroatoms. The Morgan fingerprint density at radius 3 is 1.58 bits per heavy atom. The molecule has 0 aromatic rings. The summed E-state index contributed by atoms with van der Waals surface area (Å²) in [6, 6.07) is -0.00241. The van der Waals surface area contributed by atoms with Gasteiger partial charge in [-0.05, 0) is 13.8 Å². The van der Waals surface area contributed by atoms with Crippen LogP contribution in [0, 0.1) is 11.8 Å². The summed E-state index contributed by atoms with van der Waals surface area (Å²) in [6.45, 7) is 7.35. The lowest BCUT2D eigenvalue weighted by Gasteiger charge is -2.18. The number of carbonyl (C=O) groups excluding carboxylic acids is 2. The van der Waals surface area contributed by atoms with Gasteiger partial charge in [0, 0.05) is 17.9 Å². The topological polar surface area (TPSA) is 37.4 Å². The Morgan fingerprint density at radius 2 is 1.42 bits per heavy atom. The normalized spacial score (nSPS) is 30.6. The molecule has 3 nitrogen and oxygen atoms in total. The fourth-order valence-electron chi connectivity index (χ4n) is 1.48. The zero-order valence-electron chi connectivity index (χ0n) is 8.00. The zero-order valence-corrected chi connectivity index (χ0v) is 8.00. The van der Waals surface area contributed by atoms with Crippen LogP contribution in [0.3, 0.4) is 0 Å². The molecule has 0 bridgehead atoms. The van der Waals surface area contributed by atoms with Crippen LogP contribution in [0.15, 0.2) is 0 Å². The van der Waals surface area contributed by atoms with E-state index in [1.807, 2.05) is 27.7 Å². The number of carbonyl (C=O) groups is 2. The van der Waals surface area contributed by atoms with Crippen molar-refractivity contribution >= 4 is 11.8 Å². The summed E-state index contributed by atoms with van der Waals surface area (Å²) < 4.78 is 0. The Balaban J connectivity index is 2.91. The second-order valence-electron chi connectivity index (χ2n) is 3.72. The summed E-state index contributed by atoms with van der Waals surface area (Å²) in [4.78, 5) is 24.3. The molecule has 12 heavy (non-hydrogen) atoms. The third kappa shape index (κ3) is 1.13. The van der Waals surface area contributed by atoms with E-state index < -0.39 is 0 Å². The van der Waals surface area contributed by atoms with Crippen molar-refractivity contribution in [3.8, 4) is 0 Å². The molecule has 2 atom stereocenters. The van der Waals surface area contributed by atoms with Crippen LogP contribution in [0.25, 0.3) is 0 Å². The summed E-state index contributed by atoms with van der Waals surface area (Å²) >= 11 is 0. The predicted octanol–water partition coefficient (Wildman–Crippen LogP) is 1.04. The number of nitrogens with zero attached hydrogens (tertiary/aromatic N) is 1. The number of hydrogen-bond donors (Lipinski definition) is 0. The molecule has 1 rings (SSSR count). The Bertz CT molecular complexity index is 203. The van der Waals surface area contributed by atoms with Crippen LogP contribution in [-0.4, -0.2) is 22.8 Å². The summed E-state index contributed by atoms with van der Waals surface area (Å²) in [6.07, 6.45) is 0. The second-order valence-corrected chi connectivity index (χ2v) is 3.72. The fourth-order valence-corrected chi connectivity index (χ4v) is 1.48. The van der Waals surface area contributed by atoms with Gasteiger partial charge in [0.25, 0.3) is 0 Å². The predicted molar refractivity (Wildman–Crippen MR) is 45.3 cm³/mol. The van der Waals surface area contributed by atoms with Crippen LogP contribution < -0.4 is 0 Å². The molecule has 1 heterocycles. The highest BCUT2D eigenvalue weighted by Gasteiger charge is 2.43. The lowest BCUT2D eigenvalue weighted by atomic mass is 10.00. The maximum atomic E-state index is 11.5. The van der Waals surface area contributed by atoms with Crippen LogP contribution in [0.4, 0.5) is 0 Å². The third-order valence-corrected chi connectivity index (χ3v) is 2.52. The van der Waals surface area contributed by atoms with Crippen LogP contribution >= 0.6 is 0 Å². The zero-order chi connectivity index (χ0) is 9.46. The van der Waals surface area contributed by atoms with Gasteiger partial charge in [0.1, 0.15) is 0 Å². The Morgan fingerprint density at radius 1 is 1.08 bits per heavy atom. The molecular formula is C9H15NO2. The van der Waals surface area contributed by atoms with Gasteiger partial charge in [0.15, 0.2) is 0 Å². The van der Waals surface area contributed by atoms with E-state index in [9.17, 15) is 9.59 Å². The van der Waals surface area contributed by atoms with Gasteiger partial charge in [-0.3, -0.25) is 14.5 Å². The molecule has 0 aromatic carbocycles. The van der Waals surface area contributed by atoms with Crippen molar-refractivity contribution in [2.24, 2.45) is 11.8 Å². The van der Waals surface area contributed by atoms with Gasteiger partial charge < -0.3 is 0 Å². The SMILES string of the molecule is CC(C)N1C(=O)[C@@H](C)[C@H](C)C1=O. The van der Waals surface area contributed by atoms with E-state index in [0.717, 1.165) is 0 Å². The molecule has 1 saturated heterocycles. The lowest BCUT2D eigenvalue weighted by Crippen LogP contribution is -2.36. The molecule has 0 aromatic heterocycles. The summed E-state index contributed by atoms with van der Waals surface area (Å²) in [5, 5.41) is 0. The maximum absolute atomic E-state index is 11.5. The maximum Gasteiger partial charge on any atom is 0.233 e. The van der Waals surface area contributed by atoms with Gasteiger partial charge in [0.05, 0.1) is 0 Å². The van der Waals surface area contributed by atoms with Gasteiger partial charge in [-0.15, -0.1) is 0 Å². The van der Waals surface area contributed by atoms with Crippen molar-refractivity contribution in [2.45, 2.75) is 33.7 Å². The van der Waals surface area contributed by atoms with Crippen LogP contribution in [0.5, 0.6) is 0 Å². The van der Waals surface area contributed by atoms with Crippen LogP contribution in [0.1, 0.15) is 27.7 Å². The number of amides is 2. The van der Waals surface area contributed by atoms with Crippen molar-refractivity contribution < 1.29 is 9.59 Å². The van der Waals surface area contributed by atoms with Crippen molar-refractivity contribution in [1.29, 1.82) is 0 Å². The molecule has 0 N–H and O–H groups in total. The minimum Gasteiger partial charge on any atom is -0.280 e. The van der Waals surface area contributed by atoms with E-state index in [2.05, 4.69) is 0 Å². The fraction of sp³-hybridized carbons (Fsp3) is 0.778. The molecule has 0 unspecified atom stereocenters. The smallest absolute Gasteiger partial charge is 0.233 e. The molecule has 0 radical (unpaired) electrons. The largest absolute Gasteiger partial charge is 0.280 e.